The summed E-state index contributed by atoms with van der Waals surface area (Å²) in [6.45, 7) is 3.18. The van der Waals surface area contributed by atoms with Crippen LogP contribution in [0, 0.1) is 0 Å². The summed E-state index contributed by atoms with van der Waals surface area (Å²) in [5.41, 5.74) is 0. The smallest absolute Gasteiger partial charge is 0.496 e. The van der Waals surface area contributed by atoms with E-state index in [4.69, 9.17) is 14.5 Å². The number of allylic oxidation sites excluding steroid dienone is 2. The molecule has 5 nitrogen and oxygen atoms in total. The van der Waals surface area contributed by atoms with Gasteiger partial charge in [0.1, 0.15) is 11.5 Å². The molecule has 0 saturated heterocycles. The van der Waals surface area contributed by atoms with Gasteiger partial charge in [0.2, 0.25) is 0 Å². The van der Waals surface area contributed by atoms with Crippen LogP contribution in [0.5, 0.6) is 0 Å². The first kappa shape index (κ1) is 13.0. The van der Waals surface area contributed by atoms with Crippen LogP contribution in [0.2, 0.25) is 0 Å². The highest BCUT2D eigenvalue weighted by molar-refractivity contribution is 9.09. The molecule has 0 heterocycles. The number of hydrogen-bond donors (Lipinski definition) is 2. The molecule has 0 aliphatic heterocycles. The van der Waals surface area contributed by atoms with E-state index in [1.165, 1.54) is 14.0 Å². The Morgan fingerprint density at radius 2 is 2.00 bits per heavy atom. The lowest BCUT2D eigenvalue weighted by atomic mass is 10.3. The van der Waals surface area contributed by atoms with Gasteiger partial charge < -0.3 is 9.26 Å². The van der Waals surface area contributed by atoms with E-state index in [2.05, 4.69) is 20.5 Å². The van der Waals surface area contributed by atoms with E-state index in [0.717, 1.165) is 0 Å². The summed E-state index contributed by atoms with van der Waals surface area (Å²) in [5.74, 6) is 0.420. The molecule has 1 atom stereocenters. The van der Waals surface area contributed by atoms with E-state index >= 15 is 0 Å². The number of ether oxygens (including phenoxy) is 1. The molecule has 0 aliphatic carbocycles. The largest absolute Gasteiger partial charge is 0.524 e. The number of methoxy groups -OCH3 is 1. The Hall–Kier alpha value is -0.0300. The van der Waals surface area contributed by atoms with Gasteiger partial charge in [0, 0.05) is 0 Å². The summed E-state index contributed by atoms with van der Waals surface area (Å²) in [4.78, 5) is 16.8. The number of phosphoric acid groups is 1. The van der Waals surface area contributed by atoms with Gasteiger partial charge in [-0.25, -0.2) is 4.57 Å². The summed E-state index contributed by atoms with van der Waals surface area (Å²) in [6.07, 6.45) is 0. The second-order valence-corrected chi connectivity index (χ2v) is 4.86. The zero-order chi connectivity index (χ0) is 10.6. The molecule has 13 heavy (non-hydrogen) atoms. The summed E-state index contributed by atoms with van der Waals surface area (Å²) < 4.78 is 19.7. The van der Waals surface area contributed by atoms with Crippen LogP contribution < -0.4 is 0 Å². The number of phosphoric ester groups is 1. The van der Waals surface area contributed by atoms with Crippen LogP contribution >= 0.6 is 23.8 Å². The van der Waals surface area contributed by atoms with Gasteiger partial charge in [-0.15, -0.1) is 0 Å². The molecule has 0 aliphatic rings. The Balaban J connectivity index is 4.68. The quantitative estimate of drug-likeness (QED) is 0.464. The van der Waals surface area contributed by atoms with Crippen LogP contribution in [0.25, 0.3) is 0 Å². The Morgan fingerprint density at radius 3 is 2.23 bits per heavy atom. The molecular weight excluding hydrogens is 263 g/mol. The molecule has 0 radical (unpaired) electrons. The fourth-order valence-electron chi connectivity index (χ4n) is 0.810. The molecule has 0 fully saturated rings. The van der Waals surface area contributed by atoms with Crippen molar-refractivity contribution >= 4 is 23.8 Å². The molecular formula is C6H12BrO5P. The highest BCUT2D eigenvalue weighted by Crippen LogP contribution is 2.40. The van der Waals surface area contributed by atoms with Gasteiger partial charge >= 0.3 is 7.82 Å². The maximum atomic E-state index is 10.5. The van der Waals surface area contributed by atoms with E-state index in [1.807, 2.05) is 0 Å². The van der Waals surface area contributed by atoms with Crippen LogP contribution in [0.4, 0.5) is 0 Å². The summed E-state index contributed by atoms with van der Waals surface area (Å²) >= 11 is 3.19. The van der Waals surface area contributed by atoms with Crippen LogP contribution in [-0.2, 0) is 13.8 Å². The molecule has 0 rings (SSSR count). The SMILES string of the molecule is COC(=C(C)OP(=O)(O)O)C(C)Br. The van der Waals surface area contributed by atoms with Crippen LogP contribution in [-0.4, -0.2) is 21.7 Å². The third-order valence-electron chi connectivity index (χ3n) is 1.18. The fraction of sp³-hybridized carbons (Fsp3) is 0.667. The van der Waals surface area contributed by atoms with E-state index in [9.17, 15) is 4.57 Å². The predicted molar refractivity (Wildman–Crippen MR) is 51.2 cm³/mol. The average molecular weight is 275 g/mol. The van der Waals surface area contributed by atoms with Gasteiger partial charge in [0.25, 0.3) is 0 Å². The zero-order valence-electron chi connectivity index (χ0n) is 7.52. The molecule has 0 aromatic carbocycles. The third kappa shape index (κ3) is 5.31. The van der Waals surface area contributed by atoms with Crippen molar-refractivity contribution in [3.63, 3.8) is 0 Å². The second-order valence-electron chi connectivity index (χ2n) is 2.32. The van der Waals surface area contributed by atoms with Crippen molar-refractivity contribution < 1.29 is 23.6 Å². The van der Waals surface area contributed by atoms with E-state index in [-0.39, 0.29) is 10.6 Å². The minimum Gasteiger partial charge on any atom is -0.496 e. The highest BCUT2D eigenvalue weighted by Gasteiger charge is 2.20. The van der Waals surface area contributed by atoms with E-state index in [0.29, 0.717) is 5.76 Å². The number of halogens is 1. The zero-order valence-corrected chi connectivity index (χ0v) is 10.0. The molecule has 0 spiro atoms. The van der Waals surface area contributed by atoms with Gasteiger partial charge in [-0.1, -0.05) is 15.9 Å². The van der Waals surface area contributed by atoms with E-state index < -0.39 is 7.82 Å². The lowest BCUT2D eigenvalue weighted by Gasteiger charge is -2.14. The van der Waals surface area contributed by atoms with Crippen molar-refractivity contribution in [2.45, 2.75) is 18.7 Å². The van der Waals surface area contributed by atoms with Crippen LogP contribution in [0.3, 0.4) is 0 Å². The average Bonchev–Trinajstić information content (AvgIpc) is 1.82. The lowest BCUT2D eigenvalue weighted by Crippen LogP contribution is -2.04. The predicted octanol–water partition coefficient (Wildman–Crippen LogP) is 1.76. The topological polar surface area (TPSA) is 76.0 Å². The standard InChI is InChI=1S/C6H12BrO5P/c1-4(7)6(11-3)5(2)12-13(8,9)10/h4H,1-3H3,(H2,8,9,10). The van der Waals surface area contributed by atoms with Gasteiger partial charge in [0.15, 0.2) is 0 Å². The number of alkyl halides is 1. The molecule has 0 saturated carbocycles. The van der Waals surface area contributed by atoms with Crippen LogP contribution in [0.1, 0.15) is 13.8 Å². The molecule has 78 valence electrons. The van der Waals surface area contributed by atoms with E-state index in [1.54, 1.807) is 6.92 Å². The minimum absolute atomic E-state index is 0.0696. The van der Waals surface area contributed by atoms with Crippen LogP contribution in [0.15, 0.2) is 11.5 Å². The van der Waals surface area contributed by atoms with Gasteiger partial charge in [-0.3, -0.25) is 9.79 Å². The maximum Gasteiger partial charge on any atom is 0.524 e. The van der Waals surface area contributed by atoms with Crippen molar-refractivity contribution in [3.05, 3.63) is 11.5 Å². The highest BCUT2D eigenvalue weighted by atomic mass is 79.9. The van der Waals surface area contributed by atoms with Crippen molar-refractivity contribution in [2.24, 2.45) is 0 Å². The summed E-state index contributed by atoms with van der Waals surface area (Å²) in [5, 5.41) is 0. The lowest BCUT2D eigenvalue weighted by molar-refractivity contribution is 0.211. The monoisotopic (exact) mass is 274 g/mol. The Kier molecular flexibility index (Phi) is 4.99. The van der Waals surface area contributed by atoms with Crippen molar-refractivity contribution in [1.82, 2.24) is 0 Å². The molecule has 7 heteroatoms. The van der Waals surface area contributed by atoms with Crippen molar-refractivity contribution in [1.29, 1.82) is 0 Å². The third-order valence-corrected chi connectivity index (χ3v) is 2.11. The fourth-order valence-corrected chi connectivity index (χ4v) is 1.77. The van der Waals surface area contributed by atoms with Gasteiger partial charge in [0.05, 0.1) is 11.9 Å². The van der Waals surface area contributed by atoms with Crippen molar-refractivity contribution in [3.8, 4) is 0 Å². The van der Waals surface area contributed by atoms with Gasteiger partial charge in [-0.05, 0) is 13.8 Å². The molecule has 1 unspecified atom stereocenters. The molecule has 0 amide bonds. The molecule has 0 aromatic heterocycles. The molecule has 0 aromatic rings. The Bertz CT molecular complexity index is 243. The van der Waals surface area contributed by atoms with Crippen molar-refractivity contribution in [2.75, 3.05) is 7.11 Å². The van der Waals surface area contributed by atoms with Gasteiger partial charge in [-0.2, -0.15) is 0 Å². The Morgan fingerprint density at radius 1 is 1.54 bits per heavy atom. The Labute approximate surface area is 85.1 Å². The first-order chi connectivity index (χ1) is 5.78. The first-order valence-corrected chi connectivity index (χ1v) is 5.86. The normalized spacial score (nSPS) is 16.2. The second kappa shape index (κ2) is 5.00. The first-order valence-electron chi connectivity index (χ1n) is 3.42. The maximum absolute atomic E-state index is 10.5. The molecule has 0 bridgehead atoms. The summed E-state index contributed by atoms with van der Waals surface area (Å²) in [6, 6.07) is 0. The number of rotatable bonds is 4. The minimum atomic E-state index is -4.49. The molecule has 2 N–H and O–H groups in total. The number of hydrogen-bond acceptors (Lipinski definition) is 3. The summed E-state index contributed by atoms with van der Waals surface area (Å²) in [7, 11) is -3.08.